The second kappa shape index (κ2) is 5.09. The summed E-state index contributed by atoms with van der Waals surface area (Å²) in [5.41, 5.74) is 0. The zero-order valence-corrected chi connectivity index (χ0v) is 9.68. The van der Waals surface area contributed by atoms with Crippen LogP contribution in [0.1, 0.15) is 25.5 Å². The van der Waals surface area contributed by atoms with Crippen LogP contribution in [-0.2, 0) is 16.1 Å². The number of hydrogen-bond acceptors (Lipinski definition) is 5. The highest BCUT2D eigenvalue weighted by atomic mass is 16.5. The van der Waals surface area contributed by atoms with Crippen LogP contribution in [0.4, 0.5) is 0 Å². The first kappa shape index (κ1) is 11.8. The Kier molecular flexibility index (Phi) is 3.53. The second-order valence-electron chi connectivity index (χ2n) is 4.00. The standard InChI is InChI=1S/C11H15N3O3/c1-2-5-14-10(15)6-9(11(14)16)12-7-8-3-4-13-17-8/h3-4,9,12H,2,5-7H2,1H3. The highest BCUT2D eigenvalue weighted by Gasteiger charge is 2.37. The third kappa shape index (κ3) is 2.52. The molecule has 1 unspecified atom stereocenters. The van der Waals surface area contributed by atoms with Gasteiger partial charge in [0.1, 0.15) is 5.76 Å². The molecule has 92 valence electrons. The van der Waals surface area contributed by atoms with Gasteiger partial charge in [-0.1, -0.05) is 12.1 Å². The molecule has 0 radical (unpaired) electrons. The molecule has 1 atom stereocenters. The van der Waals surface area contributed by atoms with Crippen LogP contribution in [0.25, 0.3) is 0 Å². The van der Waals surface area contributed by atoms with E-state index in [9.17, 15) is 9.59 Å². The van der Waals surface area contributed by atoms with Crippen LogP contribution in [0, 0.1) is 0 Å². The molecule has 0 bridgehead atoms. The van der Waals surface area contributed by atoms with Gasteiger partial charge in [-0.15, -0.1) is 0 Å². The Morgan fingerprint density at radius 1 is 1.59 bits per heavy atom. The number of carbonyl (C=O) groups excluding carboxylic acids is 2. The molecular weight excluding hydrogens is 222 g/mol. The van der Waals surface area contributed by atoms with E-state index >= 15 is 0 Å². The first-order valence-corrected chi connectivity index (χ1v) is 5.69. The van der Waals surface area contributed by atoms with Gasteiger partial charge in [-0.3, -0.25) is 19.8 Å². The molecule has 2 heterocycles. The molecule has 0 aromatic carbocycles. The molecule has 1 aliphatic rings. The smallest absolute Gasteiger partial charge is 0.246 e. The van der Waals surface area contributed by atoms with E-state index in [1.54, 1.807) is 12.3 Å². The Morgan fingerprint density at radius 3 is 3.06 bits per heavy atom. The van der Waals surface area contributed by atoms with Crippen molar-refractivity contribution in [2.24, 2.45) is 0 Å². The molecule has 0 aliphatic carbocycles. The molecule has 0 spiro atoms. The molecule has 0 saturated carbocycles. The number of amides is 2. The molecule has 2 rings (SSSR count). The van der Waals surface area contributed by atoms with Gasteiger partial charge in [0.15, 0.2) is 0 Å². The number of aromatic nitrogens is 1. The lowest BCUT2D eigenvalue weighted by Crippen LogP contribution is -2.38. The predicted octanol–water partition coefficient (Wildman–Crippen LogP) is 0.302. The predicted molar refractivity (Wildman–Crippen MR) is 58.8 cm³/mol. The molecule has 1 fully saturated rings. The van der Waals surface area contributed by atoms with E-state index in [1.807, 2.05) is 6.92 Å². The van der Waals surface area contributed by atoms with Crippen LogP contribution in [0.3, 0.4) is 0 Å². The normalized spacial score (nSPS) is 20.3. The SMILES string of the molecule is CCCN1C(=O)CC(NCc2ccno2)C1=O. The first-order valence-electron chi connectivity index (χ1n) is 5.69. The summed E-state index contributed by atoms with van der Waals surface area (Å²) < 4.78 is 4.91. The lowest BCUT2D eigenvalue weighted by atomic mass is 10.2. The highest BCUT2D eigenvalue weighted by Crippen LogP contribution is 2.14. The van der Waals surface area contributed by atoms with Gasteiger partial charge in [0, 0.05) is 12.6 Å². The summed E-state index contributed by atoms with van der Waals surface area (Å²) in [6.07, 6.45) is 2.56. The lowest BCUT2D eigenvalue weighted by Gasteiger charge is -2.13. The summed E-state index contributed by atoms with van der Waals surface area (Å²) in [5, 5.41) is 6.58. The van der Waals surface area contributed by atoms with Gasteiger partial charge in [-0.05, 0) is 6.42 Å². The second-order valence-corrected chi connectivity index (χ2v) is 4.00. The summed E-state index contributed by atoms with van der Waals surface area (Å²) in [5.74, 6) is 0.405. The van der Waals surface area contributed by atoms with Crippen molar-refractivity contribution in [2.75, 3.05) is 6.54 Å². The Labute approximate surface area is 98.9 Å². The Hall–Kier alpha value is -1.69. The van der Waals surface area contributed by atoms with Gasteiger partial charge in [0.25, 0.3) is 0 Å². The van der Waals surface area contributed by atoms with Crippen molar-refractivity contribution < 1.29 is 14.1 Å². The van der Waals surface area contributed by atoms with Gasteiger partial charge >= 0.3 is 0 Å². The fraction of sp³-hybridized carbons (Fsp3) is 0.545. The summed E-state index contributed by atoms with van der Waals surface area (Å²) in [6, 6.07) is 1.29. The van der Waals surface area contributed by atoms with Gasteiger partial charge in [0.2, 0.25) is 11.8 Å². The monoisotopic (exact) mass is 237 g/mol. The fourth-order valence-corrected chi connectivity index (χ4v) is 1.86. The number of rotatable bonds is 5. The molecule has 1 N–H and O–H groups in total. The number of imide groups is 1. The Morgan fingerprint density at radius 2 is 2.41 bits per heavy atom. The van der Waals surface area contributed by atoms with Gasteiger partial charge in [-0.2, -0.15) is 0 Å². The van der Waals surface area contributed by atoms with Crippen molar-refractivity contribution in [3.63, 3.8) is 0 Å². The van der Waals surface area contributed by atoms with Crippen molar-refractivity contribution in [2.45, 2.75) is 32.4 Å². The third-order valence-electron chi connectivity index (χ3n) is 2.71. The zero-order valence-electron chi connectivity index (χ0n) is 9.68. The van der Waals surface area contributed by atoms with Crippen LogP contribution < -0.4 is 5.32 Å². The van der Waals surface area contributed by atoms with E-state index in [-0.39, 0.29) is 18.2 Å². The maximum absolute atomic E-state index is 11.9. The summed E-state index contributed by atoms with van der Waals surface area (Å²) in [7, 11) is 0. The molecular formula is C11H15N3O3. The van der Waals surface area contributed by atoms with Crippen molar-refractivity contribution in [1.82, 2.24) is 15.4 Å². The maximum atomic E-state index is 11.9. The molecule has 6 heteroatoms. The fourth-order valence-electron chi connectivity index (χ4n) is 1.86. The Balaban J connectivity index is 1.90. The summed E-state index contributed by atoms with van der Waals surface area (Å²) >= 11 is 0. The molecule has 1 aromatic heterocycles. The number of hydrogen-bond donors (Lipinski definition) is 1. The molecule has 6 nitrogen and oxygen atoms in total. The number of carbonyl (C=O) groups is 2. The van der Waals surface area contributed by atoms with Gasteiger partial charge < -0.3 is 4.52 Å². The average Bonchev–Trinajstić information content (AvgIpc) is 2.90. The van der Waals surface area contributed by atoms with Crippen LogP contribution in [0.5, 0.6) is 0 Å². The maximum Gasteiger partial charge on any atom is 0.246 e. The van der Waals surface area contributed by atoms with Gasteiger partial charge in [0.05, 0.1) is 25.2 Å². The van der Waals surface area contributed by atoms with E-state index in [1.165, 1.54) is 4.90 Å². The van der Waals surface area contributed by atoms with Gasteiger partial charge in [-0.25, -0.2) is 0 Å². The zero-order chi connectivity index (χ0) is 12.3. The van der Waals surface area contributed by atoms with Crippen molar-refractivity contribution in [3.8, 4) is 0 Å². The van der Waals surface area contributed by atoms with E-state index in [2.05, 4.69) is 10.5 Å². The third-order valence-corrected chi connectivity index (χ3v) is 2.71. The molecule has 1 aliphatic heterocycles. The number of nitrogens with one attached hydrogen (secondary N) is 1. The van der Waals surface area contributed by atoms with Crippen LogP contribution in [-0.4, -0.2) is 34.5 Å². The summed E-state index contributed by atoms with van der Waals surface area (Å²) in [4.78, 5) is 24.8. The van der Waals surface area contributed by atoms with Crippen LogP contribution in [0.2, 0.25) is 0 Å². The van der Waals surface area contributed by atoms with Crippen molar-refractivity contribution in [1.29, 1.82) is 0 Å². The van der Waals surface area contributed by atoms with E-state index in [0.29, 0.717) is 18.8 Å². The van der Waals surface area contributed by atoms with E-state index < -0.39 is 6.04 Å². The topological polar surface area (TPSA) is 75.4 Å². The quantitative estimate of drug-likeness (QED) is 0.745. The highest BCUT2D eigenvalue weighted by molar-refractivity contribution is 6.05. The largest absolute Gasteiger partial charge is 0.360 e. The van der Waals surface area contributed by atoms with E-state index in [0.717, 1.165) is 6.42 Å². The number of likely N-dealkylation sites (tertiary alicyclic amines) is 1. The first-order chi connectivity index (χ1) is 8.22. The van der Waals surface area contributed by atoms with Crippen LogP contribution in [0.15, 0.2) is 16.8 Å². The number of nitrogens with zero attached hydrogens (tertiary/aromatic N) is 2. The summed E-state index contributed by atoms with van der Waals surface area (Å²) in [6.45, 7) is 2.84. The molecule has 2 amide bonds. The minimum absolute atomic E-state index is 0.105. The molecule has 17 heavy (non-hydrogen) atoms. The molecule has 1 saturated heterocycles. The Bertz CT molecular complexity index is 402. The van der Waals surface area contributed by atoms with E-state index in [4.69, 9.17) is 4.52 Å². The van der Waals surface area contributed by atoms with Crippen molar-refractivity contribution in [3.05, 3.63) is 18.0 Å². The van der Waals surface area contributed by atoms with Crippen LogP contribution >= 0.6 is 0 Å². The van der Waals surface area contributed by atoms with Crippen molar-refractivity contribution >= 4 is 11.8 Å². The average molecular weight is 237 g/mol. The lowest BCUT2D eigenvalue weighted by molar-refractivity contribution is -0.138. The minimum atomic E-state index is -0.431. The minimum Gasteiger partial charge on any atom is -0.360 e. The molecule has 1 aromatic rings.